The van der Waals surface area contributed by atoms with Crippen molar-refractivity contribution >= 4 is 27.5 Å². The van der Waals surface area contributed by atoms with Crippen molar-refractivity contribution in [1.82, 2.24) is 19.9 Å². The highest BCUT2D eigenvalue weighted by molar-refractivity contribution is 7.13. The molecule has 3 aromatic heterocycles. The van der Waals surface area contributed by atoms with Gasteiger partial charge in [0.05, 0.1) is 11.7 Å². The fourth-order valence-electron chi connectivity index (χ4n) is 1.13. The van der Waals surface area contributed by atoms with E-state index in [1.54, 1.807) is 24.5 Å². The van der Waals surface area contributed by atoms with Crippen LogP contribution in [0.4, 0.5) is 5.13 Å². The zero-order valence-corrected chi connectivity index (χ0v) is 9.52. The number of rotatable bonds is 0. The maximum absolute atomic E-state index is 10.7. The van der Waals surface area contributed by atoms with Crippen LogP contribution in [0.3, 0.4) is 0 Å². The van der Waals surface area contributed by atoms with Gasteiger partial charge in [-0.2, -0.15) is 4.98 Å². The molecular formula is C10H9N5OS. The van der Waals surface area contributed by atoms with E-state index in [-0.39, 0.29) is 5.69 Å². The van der Waals surface area contributed by atoms with Gasteiger partial charge < -0.3 is 10.7 Å². The van der Waals surface area contributed by atoms with Crippen molar-refractivity contribution in [2.45, 2.75) is 0 Å². The Labute approximate surface area is 100 Å². The highest BCUT2D eigenvalue weighted by atomic mass is 32.1. The van der Waals surface area contributed by atoms with E-state index in [1.807, 2.05) is 5.38 Å². The molecule has 0 aliphatic carbocycles. The number of aromatic amines is 1. The number of H-pyrrole nitrogens is 1. The average molecular weight is 247 g/mol. The highest BCUT2D eigenvalue weighted by Gasteiger charge is 1.91. The van der Waals surface area contributed by atoms with Crippen LogP contribution in [0.15, 0.2) is 40.9 Å². The van der Waals surface area contributed by atoms with Crippen LogP contribution in [0.1, 0.15) is 0 Å². The van der Waals surface area contributed by atoms with Crippen LogP contribution in [0, 0.1) is 0 Å². The Morgan fingerprint density at radius 3 is 2.76 bits per heavy atom. The summed E-state index contributed by atoms with van der Waals surface area (Å²) in [7, 11) is 0. The highest BCUT2D eigenvalue weighted by Crippen LogP contribution is 2.02. The summed E-state index contributed by atoms with van der Waals surface area (Å²) in [6.45, 7) is 0. The topological polar surface area (TPSA) is 97.6 Å². The van der Waals surface area contributed by atoms with Crippen LogP contribution in [0.2, 0.25) is 0 Å². The Morgan fingerprint density at radius 2 is 2.12 bits per heavy atom. The van der Waals surface area contributed by atoms with E-state index in [2.05, 4.69) is 19.9 Å². The van der Waals surface area contributed by atoms with Gasteiger partial charge in [0.15, 0.2) is 5.13 Å². The van der Waals surface area contributed by atoms with E-state index >= 15 is 0 Å². The molecule has 0 aliphatic heterocycles. The number of nitrogens with two attached hydrogens (primary N) is 1. The molecule has 3 aromatic rings. The molecule has 0 saturated heterocycles. The minimum Gasteiger partial charge on any atom is -0.375 e. The first-order valence-electron chi connectivity index (χ1n) is 4.71. The van der Waals surface area contributed by atoms with Crippen LogP contribution in [0.25, 0.3) is 11.0 Å². The van der Waals surface area contributed by atoms with Gasteiger partial charge in [-0.3, -0.25) is 4.98 Å². The van der Waals surface area contributed by atoms with Crippen molar-refractivity contribution in [2.75, 3.05) is 5.73 Å². The standard InChI is InChI=1S/C7H5N3O.C3H4N2S/c11-7-9-4-6-5(10-7)2-1-3-8-6;4-3-5-1-2-6-3/h1-4H,(H,9,10,11);1-2H,(H2,4,5). The summed E-state index contributed by atoms with van der Waals surface area (Å²) < 4.78 is 0. The number of nitrogens with zero attached hydrogens (tertiary/aromatic N) is 3. The fraction of sp³-hybridized carbons (Fsp3) is 0. The van der Waals surface area contributed by atoms with Gasteiger partial charge in [0.2, 0.25) is 0 Å². The molecule has 0 aliphatic rings. The SMILES string of the molecule is Nc1nccs1.O=c1ncc2ncccc2[nH]1. The predicted octanol–water partition coefficient (Wildman–Crippen LogP) is 1.04. The number of hydrogen-bond donors (Lipinski definition) is 2. The molecule has 7 heteroatoms. The second kappa shape index (κ2) is 5.17. The van der Waals surface area contributed by atoms with Crippen molar-refractivity contribution in [3.63, 3.8) is 0 Å². The molecule has 3 heterocycles. The van der Waals surface area contributed by atoms with Crippen LogP contribution < -0.4 is 11.4 Å². The number of nitrogens with one attached hydrogen (secondary N) is 1. The number of nitrogen functional groups attached to an aromatic ring is 1. The third kappa shape index (κ3) is 3.08. The molecular weight excluding hydrogens is 238 g/mol. The van der Waals surface area contributed by atoms with Gasteiger partial charge in [-0.05, 0) is 12.1 Å². The van der Waals surface area contributed by atoms with Crippen LogP contribution in [-0.4, -0.2) is 19.9 Å². The van der Waals surface area contributed by atoms with Crippen molar-refractivity contribution in [3.05, 3.63) is 46.6 Å². The van der Waals surface area contributed by atoms with E-state index in [4.69, 9.17) is 5.73 Å². The van der Waals surface area contributed by atoms with Gasteiger partial charge in [0.25, 0.3) is 0 Å². The van der Waals surface area contributed by atoms with Gasteiger partial charge in [0.1, 0.15) is 5.52 Å². The third-order valence-corrected chi connectivity index (χ3v) is 2.44. The lowest BCUT2D eigenvalue weighted by atomic mass is 10.4. The maximum Gasteiger partial charge on any atom is 0.345 e. The molecule has 0 spiro atoms. The summed E-state index contributed by atoms with van der Waals surface area (Å²) in [4.78, 5) is 24.5. The summed E-state index contributed by atoms with van der Waals surface area (Å²) in [6, 6.07) is 3.55. The zero-order valence-electron chi connectivity index (χ0n) is 8.70. The number of pyridine rings is 1. The molecule has 0 amide bonds. The molecule has 0 saturated carbocycles. The van der Waals surface area contributed by atoms with Gasteiger partial charge in [-0.25, -0.2) is 9.78 Å². The number of fused-ring (bicyclic) bond motifs is 1. The molecule has 17 heavy (non-hydrogen) atoms. The number of anilines is 1. The van der Waals surface area contributed by atoms with Crippen LogP contribution in [-0.2, 0) is 0 Å². The summed E-state index contributed by atoms with van der Waals surface area (Å²) >= 11 is 1.44. The summed E-state index contributed by atoms with van der Waals surface area (Å²) in [5, 5.41) is 2.48. The molecule has 0 radical (unpaired) electrons. The first-order chi connectivity index (χ1) is 8.25. The van der Waals surface area contributed by atoms with Crippen molar-refractivity contribution in [3.8, 4) is 0 Å². The largest absolute Gasteiger partial charge is 0.375 e. The lowest BCUT2D eigenvalue weighted by Crippen LogP contribution is -2.08. The average Bonchev–Trinajstić information content (AvgIpc) is 2.81. The molecule has 0 unspecified atom stereocenters. The minimum absolute atomic E-state index is 0.342. The first kappa shape index (κ1) is 11.2. The van der Waals surface area contributed by atoms with Crippen molar-refractivity contribution < 1.29 is 0 Å². The quantitative estimate of drug-likeness (QED) is 0.618. The summed E-state index contributed by atoms with van der Waals surface area (Å²) in [6.07, 6.45) is 4.79. The monoisotopic (exact) mass is 247 g/mol. The molecule has 3 N–H and O–H groups in total. The first-order valence-corrected chi connectivity index (χ1v) is 5.59. The van der Waals surface area contributed by atoms with E-state index in [9.17, 15) is 4.79 Å². The Bertz CT molecular complexity index is 649. The van der Waals surface area contributed by atoms with Crippen molar-refractivity contribution in [2.24, 2.45) is 0 Å². The van der Waals surface area contributed by atoms with E-state index in [1.165, 1.54) is 17.5 Å². The molecule has 0 atom stereocenters. The van der Waals surface area contributed by atoms with Gasteiger partial charge in [-0.1, -0.05) is 0 Å². The lowest BCUT2D eigenvalue weighted by Gasteiger charge is -1.91. The molecule has 86 valence electrons. The van der Waals surface area contributed by atoms with Gasteiger partial charge >= 0.3 is 5.69 Å². The minimum atomic E-state index is -0.342. The van der Waals surface area contributed by atoms with Crippen LogP contribution in [0.5, 0.6) is 0 Å². The van der Waals surface area contributed by atoms with E-state index in [0.29, 0.717) is 16.2 Å². The van der Waals surface area contributed by atoms with E-state index < -0.39 is 0 Å². The Hall–Kier alpha value is -2.28. The molecule has 0 fully saturated rings. The normalized spacial score (nSPS) is 9.65. The molecule has 0 bridgehead atoms. The van der Waals surface area contributed by atoms with Gasteiger partial charge in [0, 0.05) is 17.8 Å². The molecule has 3 rings (SSSR count). The fourth-order valence-corrected chi connectivity index (χ4v) is 1.51. The number of hydrogen-bond acceptors (Lipinski definition) is 6. The smallest absolute Gasteiger partial charge is 0.345 e. The zero-order chi connectivity index (χ0) is 12.1. The maximum atomic E-state index is 10.7. The second-order valence-corrected chi connectivity index (χ2v) is 3.92. The molecule has 6 nitrogen and oxygen atoms in total. The van der Waals surface area contributed by atoms with Crippen molar-refractivity contribution in [1.29, 1.82) is 0 Å². The second-order valence-electron chi connectivity index (χ2n) is 2.99. The van der Waals surface area contributed by atoms with Gasteiger partial charge in [-0.15, -0.1) is 11.3 Å². The Kier molecular flexibility index (Phi) is 3.41. The Balaban J connectivity index is 0.000000153. The third-order valence-electron chi connectivity index (χ3n) is 1.84. The van der Waals surface area contributed by atoms with E-state index in [0.717, 1.165) is 0 Å². The predicted molar refractivity (Wildman–Crippen MR) is 66.7 cm³/mol. The number of aromatic nitrogens is 4. The summed E-state index contributed by atoms with van der Waals surface area (Å²) in [5.74, 6) is 0. The number of thiazole rings is 1. The Morgan fingerprint density at radius 1 is 1.24 bits per heavy atom. The lowest BCUT2D eigenvalue weighted by molar-refractivity contribution is 1.11. The summed E-state index contributed by atoms with van der Waals surface area (Å²) in [5.41, 5.74) is 6.26. The molecule has 0 aromatic carbocycles. The van der Waals surface area contributed by atoms with Crippen LogP contribution >= 0.6 is 11.3 Å².